The molecule has 2 fully saturated rings. The molecule has 0 amide bonds. The van der Waals surface area contributed by atoms with Crippen molar-refractivity contribution >= 4 is 5.95 Å². The molecule has 0 radical (unpaired) electrons. The standard InChI is InChI=1S/C16H28N4O/c17-8-3-13-21-15-6-10-19(11-7-15)16-18-9-12-20(16)14-4-1-2-5-14/h9,12,14-15H,1-8,10-11,13,17H2. The summed E-state index contributed by atoms with van der Waals surface area (Å²) in [5.74, 6) is 1.17. The van der Waals surface area contributed by atoms with Crippen molar-refractivity contribution in [1.29, 1.82) is 0 Å². The number of nitrogens with zero attached hydrogens (tertiary/aromatic N) is 3. The summed E-state index contributed by atoms with van der Waals surface area (Å²) in [4.78, 5) is 7.05. The van der Waals surface area contributed by atoms with Crippen molar-refractivity contribution in [3.05, 3.63) is 12.4 Å². The number of imidazole rings is 1. The normalized spacial score (nSPS) is 21.3. The van der Waals surface area contributed by atoms with E-state index in [9.17, 15) is 0 Å². The van der Waals surface area contributed by atoms with Crippen molar-refractivity contribution in [3.63, 3.8) is 0 Å². The van der Waals surface area contributed by atoms with Crippen LogP contribution >= 0.6 is 0 Å². The van der Waals surface area contributed by atoms with Crippen LogP contribution in [0.15, 0.2) is 12.4 Å². The van der Waals surface area contributed by atoms with Crippen molar-refractivity contribution in [3.8, 4) is 0 Å². The molecule has 2 heterocycles. The third kappa shape index (κ3) is 3.58. The first-order valence-corrected chi connectivity index (χ1v) is 8.48. The molecule has 0 bridgehead atoms. The third-order valence-electron chi connectivity index (χ3n) is 4.79. The SMILES string of the molecule is NCCCOC1CCN(c2nccn2C2CCCC2)CC1. The lowest BCUT2D eigenvalue weighted by atomic mass is 10.1. The molecule has 5 nitrogen and oxygen atoms in total. The largest absolute Gasteiger partial charge is 0.378 e. The van der Waals surface area contributed by atoms with E-state index in [1.807, 2.05) is 6.20 Å². The average Bonchev–Trinajstić information content (AvgIpc) is 3.19. The van der Waals surface area contributed by atoms with Gasteiger partial charge in [-0.05, 0) is 38.6 Å². The van der Waals surface area contributed by atoms with Crippen molar-refractivity contribution in [2.24, 2.45) is 5.73 Å². The summed E-state index contributed by atoms with van der Waals surface area (Å²) in [6.07, 6.45) is 13.0. The van der Waals surface area contributed by atoms with Gasteiger partial charge in [0.1, 0.15) is 0 Å². The Morgan fingerprint density at radius 1 is 1.19 bits per heavy atom. The number of ether oxygens (including phenoxy) is 1. The molecule has 1 aliphatic carbocycles. The molecule has 2 N–H and O–H groups in total. The summed E-state index contributed by atoms with van der Waals surface area (Å²) in [5, 5.41) is 0. The quantitative estimate of drug-likeness (QED) is 0.818. The molecule has 1 saturated heterocycles. The summed E-state index contributed by atoms with van der Waals surface area (Å²) in [7, 11) is 0. The molecule has 118 valence electrons. The van der Waals surface area contributed by atoms with E-state index in [0.717, 1.165) is 45.5 Å². The lowest BCUT2D eigenvalue weighted by molar-refractivity contribution is 0.0363. The second-order valence-corrected chi connectivity index (χ2v) is 6.27. The molecule has 3 rings (SSSR count). The van der Waals surface area contributed by atoms with E-state index in [1.165, 1.54) is 31.6 Å². The predicted octanol–water partition coefficient (Wildman–Crippen LogP) is 2.33. The van der Waals surface area contributed by atoms with E-state index in [1.54, 1.807) is 0 Å². The first-order chi connectivity index (χ1) is 10.4. The molecular formula is C16H28N4O. The van der Waals surface area contributed by atoms with Crippen LogP contribution in [-0.2, 0) is 4.74 Å². The van der Waals surface area contributed by atoms with Crippen LogP contribution in [0.5, 0.6) is 0 Å². The number of anilines is 1. The first-order valence-electron chi connectivity index (χ1n) is 8.48. The van der Waals surface area contributed by atoms with E-state index >= 15 is 0 Å². The monoisotopic (exact) mass is 292 g/mol. The third-order valence-corrected chi connectivity index (χ3v) is 4.79. The Hall–Kier alpha value is -1.07. The van der Waals surface area contributed by atoms with E-state index in [4.69, 9.17) is 10.5 Å². The molecule has 0 aromatic carbocycles. The minimum atomic E-state index is 0.405. The number of hydrogen-bond donors (Lipinski definition) is 1. The Labute approximate surface area is 127 Å². The van der Waals surface area contributed by atoms with Gasteiger partial charge in [-0.3, -0.25) is 0 Å². The van der Waals surface area contributed by atoms with Gasteiger partial charge in [0.05, 0.1) is 6.10 Å². The molecule has 0 spiro atoms. The highest BCUT2D eigenvalue weighted by Gasteiger charge is 2.25. The summed E-state index contributed by atoms with van der Waals surface area (Å²) in [6.45, 7) is 3.63. The van der Waals surface area contributed by atoms with Gasteiger partial charge >= 0.3 is 0 Å². The van der Waals surface area contributed by atoms with Crippen LogP contribution < -0.4 is 10.6 Å². The van der Waals surface area contributed by atoms with Gasteiger partial charge in [0.15, 0.2) is 0 Å². The van der Waals surface area contributed by atoms with Crippen LogP contribution in [-0.4, -0.2) is 41.9 Å². The zero-order valence-corrected chi connectivity index (χ0v) is 12.9. The molecule has 0 unspecified atom stereocenters. The molecule has 1 aliphatic heterocycles. The van der Waals surface area contributed by atoms with Crippen molar-refractivity contribution in [1.82, 2.24) is 9.55 Å². The molecule has 21 heavy (non-hydrogen) atoms. The van der Waals surface area contributed by atoms with Gasteiger partial charge in [0, 0.05) is 38.1 Å². The summed E-state index contributed by atoms with van der Waals surface area (Å²) >= 11 is 0. The van der Waals surface area contributed by atoms with Gasteiger partial charge in [-0.1, -0.05) is 12.8 Å². The minimum absolute atomic E-state index is 0.405. The topological polar surface area (TPSA) is 56.3 Å². The van der Waals surface area contributed by atoms with Crippen LogP contribution in [0.4, 0.5) is 5.95 Å². The van der Waals surface area contributed by atoms with Crippen LogP contribution in [0.3, 0.4) is 0 Å². The first kappa shape index (κ1) is 14.9. The van der Waals surface area contributed by atoms with Crippen molar-refractivity contribution in [2.75, 3.05) is 31.1 Å². The Bertz CT molecular complexity index is 420. The number of piperidine rings is 1. The second kappa shape index (κ2) is 7.27. The Kier molecular flexibility index (Phi) is 5.14. The lowest BCUT2D eigenvalue weighted by Crippen LogP contribution is -2.39. The lowest BCUT2D eigenvalue weighted by Gasteiger charge is -2.33. The van der Waals surface area contributed by atoms with Gasteiger partial charge in [0.2, 0.25) is 5.95 Å². The van der Waals surface area contributed by atoms with Gasteiger partial charge in [0.25, 0.3) is 0 Å². The Morgan fingerprint density at radius 3 is 2.67 bits per heavy atom. The molecule has 2 aliphatic rings. The fourth-order valence-corrected chi connectivity index (χ4v) is 3.57. The van der Waals surface area contributed by atoms with E-state index in [-0.39, 0.29) is 0 Å². The van der Waals surface area contributed by atoms with Crippen LogP contribution in [0.25, 0.3) is 0 Å². The molecule has 1 aromatic rings. The molecule has 0 atom stereocenters. The number of aromatic nitrogens is 2. The fraction of sp³-hybridized carbons (Fsp3) is 0.812. The Balaban J connectivity index is 1.53. The summed E-state index contributed by atoms with van der Waals surface area (Å²) in [5.41, 5.74) is 5.51. The van der Waals surface area contributed by atoms with Gasteiger partial charge < -0.3 is 19.9 Å². The zero-order valence-electron chi connectivity index (χ0n) is 12.9. The smallest absolute Gasteiger partial charge is 0.205 e. The average molecular weight is 292 g/mol. The molecule has 5 heteroatoms. The molecule has 1 saturated carbocycles. The number of rotatable bonds is 6. The van der Waals surface area contributed by atoms with Crippen LogP contribution in [0.1, 0.15) is 51.0 Å². The minimum Gasteiger partial charge on any atom is -0.378 e. The highest BCUT2D eigenvalue weighted by Crippen LogP contribution is 2.33. The maximum absolute atomic E-state index is 5.89. The van der Waals surface area contributed by atoms with E-state index < -0.39 is 0 Å². The number of hydrogen-bond acceptors (Lipinski definition) is 4. The molecule has 1 aromatic heterocycles. The second-order valence-electron chi connectivity index (χ2n) is 6.27. The highest BCUT2D eigenvalue weighted by atomic mass is 16.5. The Morgan fingerprint density at radius 2 is 1.95 bits per heavy atom. The maximum Gasteiger partial charge on any atom is 0.205 e. The number of nitrogens with two attached hydrogens (primary N) is 1. The van der Waals surface area contributed by atoms with E-state index in [0.29, 0.717) is 12.1 Å². The van der Waals surface area contributed by atoms with Crippen molar-refractivity contribution in [2.45, 2.75) is 57.1 Å². The highest BCUT2D eigenvalue weighted by molar-refractivity contribution is 5.32. The van der Waals surface area contributed by atoms with Crippen molar-refractivity contribution < 1.29 is 4.74 Å². The summed E-state index contributed by atoms with van der Waals surface area (Å²) < 4.78 is 8.29. The van der Waals surface area contributed by atoms with E-state index in [2.05, 4.69) is 20.6 Å². The van der Waals surface area contributed by atoms with Gasteiger partial charge in [-0.15, -0.1) is 0 Å². The maximum atomic E-state index is 5.89. The van der Waals surface area contributed by atoms with Gasteiger partial charge in [-0.2, -0.15) is 0 Å². The summed E-state index contributed by atoms with van der Waals surface area (Å²) in [6, 6.07) is 0.668. The van der Waals surface area contributed by atoms with Crippen LogP contribution in [0.2, 0.25) is 0 Å². The zero-order chi connectivity index (χ0) is 14.5. The van der Waals surface area contributed by atoms with Gasteiger partial charge in [-0.25, -0.2) is 4.98 Å². The predicted molar refractivity (Wildman–Crippen MR) is 84.6 cm³/mol. The fourth-order valence-electron chi connectivity index (χ4n) is 3.57. The molecular weight excluding hydrogens is 264 g/mol. The van der Waals surface area contributed by atoms with Crippen LogP contribution in [0, 0.1) is 0 Å².